The fourth-order valence-corrected chi connectivity index (χ4v) is 4.01. The first-order chi connectivity index (χ1) is 13.6. The minimum atomic E-state index is -1.08. The lowest BCUT2D eigenvalue weighted by molar-refractivity contribution is -0.141. The highest BCUT2D eigenvalue weighted by atomic mass is 79.9. The molecule has 1 amide bonds. The molecular weight excluding hydrogens is 454 g/mol. The van der Waals surface area contributed by atoms with E-state index in [0.29, 0.717) is 11.6 Å². The second-order valence-electron chi connectivity index (χ2n) is 6.93. The topological polar surface area (TPSA) is 84.2 Å². The number of halogens is 1. The van der Waals surface area contributed by atoms with E-state index in [2.05, 4.69) is 32.8 Å². The highest BCUT2D eigenvalue weighted by molar-refractivity contribution is 9.10. The molecule has 0 radical (unpaired) electrons. The Morgan fingerprint density at radius 2 is 2.03 bits per heavy atom. The summed E-state index contributed by atoms with van der Waals surface area (Å²) >= 11 is 4.80. The Labute approximate surface area is 183 Å². The fraction of sp³-hybridized carbons (Fsp3) is 0.286. The zero-order valence-electron chi connectivity index (χ0n) is 16.6. The molecule has 6 nitrogen and oxygen atoms in total. The number of allylic oxidation sites excluding steroid dienone is 9. The number of carboxylic acids is 1. The number of imidazole rings is 1. The zero-order valence-corrected chi connectivity index (χ0v) is 19.0. The predicted octanol–water partition coefficient (Wildman–Crippen LogP) is 4.58. The highest BCUT2D eigenvalue weighted by Gasteiger charge is 2.33. The van der Waals surface area contributed by atoms with Gasteiger partial charge in [-0.25, -0.2) is 4.98 Å². The number of aliphatic carboxylic acids is 1. The molecule has 0 bridgehead atoms. The standard InChI is InChI=1S/C21H24BrN3O3S/c1-14-9-6-5-7-11-16(12-8-10-14)25-17(22)13-23-20(25)29-21(3,4)19(28)24-15(2)18(26)27/h5-10,12-13,15H,1,11H2,2-4H3,(H,24,28)(H,26,27)/b7-5-,9-6-,10-8-,16-12+. The lowest BCUT2D eigenvalue weighted by Gasteiger charge is -2.24. The number of rotatable bonds is 6. The summed E-state index contributed by atoms with van der Waals surface area (Å²) < 4.78 is 1.77. The Morgan fingerprint density at radius 1 is 1.34 bits per heavy atom. The summed E-state index contributed by atoms with van der Waals surface area (Å²) in [6.07, 6.45) is 16.0. The number of thioether (sulfide) groups is 1. The van der Waals surface area contributed by atoms with Gasteiger partial charge in [0.05, 0.1) is 10.9 Å². The van der Waals surface area contributed by atoms with Crippen molar-refractivity contribution in [3.63, 3.8) is 0 Å². The van der Waals surface area contributed by atoms with Crippen molar-refractivity contribution in [3.05, 3.63) is 65.5 Å². The van der Waals surface area contributed by atoms with Crippen molar-refractivity contribution >= 4 is 45.3 Å². The van der Waals surface area contributed by atoms with Crippen LogP contribution in [0.2, 0.25) is 0 Å². The molecule has 0 aromatic carbocycles. The van der Waals surface area contributed by atoms with E-state index < -0.39 is 16.8 Å². The average Bonchev–Trinajstić information content (AvgIpc) is 2.99. The van der Waals surface area contributed by atoms with Crippen LogP contribution in [0.5, 0.6) is 0 Å². The van der Waals surface area contributed by atoms with E-state index in [1.54, 1.807) is 20.0 Å². The average molecular weight is 478 g/mol. The monoisotopic (exact) mass is 477 g/mol. The van der Waals surface area contributed by atoms with Crippen LogP contribution < -0.4 is 5.32 Å². The van der Waals surface area contributed by atoms with Crippen molar-refractivity contribution in [2.75, 3.05) is 0 Å². The summed E-state index contributed by atoms with van der Waals surface area (Å²) in [5.41, 5.74) is 1.85. The third kappa shape index (κ3) is 6.33. The largest absolute Gasteiger partial charge is 0.480 e. The van der Waals surface area contributed by atoms with Gasteiger partial charge < -0.3 is 10.4 Å². The summed E-state index contributed by atoms with van der Waals surface area (Å²) in [6.45, 7) is 8.88. The molecule has 8 heteroatoms. The summed E-state index contributed by atoms with van der Waals surface area (Å²) in [5.74, 6) is -1.45. The maximum Gasteiger partial charge on any atom is 0.325 e. The molecular formula is C21H24BrN3O3S. The Morgan fingerprint density at radius 3 is 2.72 bits per heavy atom. The fourth-order valence-electron chi connectivity index (χ4n) is 2.37. The Bertz CT molecular complexity index is 926. The van der Waals surface area contributed by atoms with Gasteiger partial charge in [-0.3, -0.25) is 14.2 Å². The molecule has 1 aromatic heterocycles. The van der Waals surface area contributed by atoms with Crippen LogP contribution in [0, 0.1) is 0 Å². The van der Waals surface area contributed by atoms with E-state index in [1.165, 1.54) is 18.7 Å². The molecule has 2 N–H and O–H groups in total. The molecule has 0 saturated heterocycles. The van der Waals surface area contributed by atoms with E-state index in [-0.39, 0.29) is 5.91 Å². The third-order valence-corrected chi connectivity index (χ3v) is 5.79. The van der Waals surface area contributed by atoms with Gasteiger partial charge in [0.1, 0.15) is 10.6 Å². The molecule has 1 aliphatic rings. The first-order valence-electron chi connectivity index (χ1n) is 8.97. The Hall–Kier alpha value is -2.32. The van der Waals surface area contributed by atoms with E-state index >= 15 is 0 Å². The van der Waals surface area contributed by atoms with E-state index in [4.69, 9.17) is 5.11 Å². The Kier molecular flexibility index (Phi) is 7.87. The maximum absolute atomic E-state index is 12.6. The van der Waals surface area contributed by atoms with Gasteiger partial charge in [0.2, 0.25) is 5.91 Å². The van der Waals surface area contributed by atoms with Crippen LogP contribution in [0.15, 0.2) is 70.6 Å². The molecule has 0 spiro atoms. The quantitative estimate of drug-likeness (QED) is 0.585. The Balaban J connectivity index is 2.31. The predicted molar refractivity (Wildman–Crippen MR) is 121 cm³/mol. The number of hydrogen-bond acceptors (Lipinski definition) is 4. The van der Waals surface area contributed by atoms with Crippen LogP contribution in [-0.4, -0.2) is 37.3 Å². The first kappa shape index (κ1) is 23.0. The number of nitrogens with zero attached hydrogens (tertiary/aromatic N) is 2. The minimum Gasteiger partial charge on any atom is -0.480 e. The number of carbonyl (C=O) groups is 2. The van der Waals surface area contributed by atoms with Gasteiger partial charge in [0, 0.05) is 12.1 Å². The van der Waals surface area contributed by atoms with E-state index in [9.17, 15) is 9.59 Å². The van der Waals surface area contributed by atoms with Gasteiger partial charge in [-0.1, -0.05) is 54.8 Å². The molecule has 0 saturated carbocycles. The molecule has 1 atom stereocenters. The van der Waals surface area contributed by atoms with Gasteiger partial charge in [0.25, 0.3) is 0 Å². The van der Waals surface area contributed by atoms with Crippen LogP contribution in [0.3, 0.4) is 0 Å². The van der Waals surface area contributed by atoms with Crippen LogP contribution in [0.4, 0.5) is 0 Å². The maximum atomic E-state index is 12.6. The summed E-state index contributed by atoms with van der Waals surface area (Å²) in [7, 11) is 0. The summed E-state index contributed by atoms with van der Waals surface area (Å²) in [4.78, 5) is 28.1. The normalized spacial score (nSPS) is 20.8. The van der Waals surface area contributed by atoms with Gasteiger partial charge in [-0.05, 0) is 48.4 Å². The van der Waals surface area contributed by atoms with Crippen LogP contribution >= 0.6 is 27.7 Å². The number of amides is 1. The summed E-state index contributed by atoms with van der Waals surface area (Å²) in [5, 5.41) is 12.2. The number of aromatic nitrogens is 2. The molecule has 154 valence electrons. The molecule has 0 aliphatic heterocycles. The van der Waals surface area contributed by atoms with Crippen LogP contribution in [0.25, 0.3) is 5.70 Å². The lowest BCUT2D eigenvalue weighted by atomic mass is 10.2. The zero-order chi connectivity index (χ0) is 21.6. The van der Waals surface area contributed by atoms with Crippen molar-refractivity contribution in [1.29, 1.82) is 0 Å². The van der Waals surface area contributed by atoms with Crippen molar-refractivity contribution in [2.24, 2.45) is 0 Å². The highest BCUT2D eigenvalue weighted by Crippen LogP contribution is 2.36. The smallest absolute Gasteiger partial charge is 0.325 e. The minimum absolute atomic E-state index is 0.371. The number of hydrogen-bond donors (Lipinski definition) is 2. The second kappa shape index (κ2) is 9.93. The number of carboxylic acid groups (broad SMARTS) is 1. The van der Waals surface area contributed by atoms with E-state index in [1.807, 2.05) is 47.1 Å². The lowest BCUT2D eigenvalue weighted by Crippen LogP contribution is -2.47. The SMILES string of the molecule is C=C1/C=C\C=C/C/C(n2c(Br)cnc2SC(C)(C)C(=O)NC(C)C(=O)O)=C\C=C/1. The van der Waals surface area contributed by atoms with Crippen molar-refractivity contribution < 1.29 is 14.7 Å². The van der Waals surface area contributed by atoms with Gasteiger partial charge in [-0.2, -0.15) is 0 Å². The molecule has 1 unspecified atom stereocenters. The van der Waals surface area contributed by atoms with Gasteiger partial charge in [0.15, 0.2) is 5.16 Å². The van der Waals surface area contributed by atoms with Crippen molar-refractivity contribution in [2.45, 2.75) is 43.1 Å². The van der Waals surface area contributed by atoms with Gasteiger partial charge in [-0.15, -0.1) is 0 Å². The third-order valence-electron chi connectivity index (χ3n) is 4.07. The molecule has 0 fully saturated rings. The van der Waals surface area contributed by atoms with Crippen molar-refractivity contribution in [1.82, 2.24) is 14.9 Å². The van der Waals surface area contributed by atoms with Crippen LogP contribution in [-0.2, 0) is 9.59 Å². The molecule has 1 aromatic rings. The summed E-state index contributed by atoms with van der Waals surface area (Å²) in [6, 6.07) is -0.966. The van der Waals surface area contributed by atoms with E-state index in [0.717, 1.165) is 15.9 Å². The molecule has 1 heterocycles. The molecule has 29 heavy (non-hydrogen) atoms. The molecule has 1 aliphatic carbocycles. The van der Waals surface area contributed by atoms with Crippen molar-refractivity contribution in [3.8, 4) is 0 Å². The first-order valence-corrected chi connectivity index (χ1v) is 10.6. The second-order valence-corrected chi connectivity index (χ2v) is 9.33. The van der Waals surface area contributed by atoms with Gasteiger partial charge >= 0.3 is 5.97 Å². The molecule has 2 rings (SSSR count). The van der Waals surface area contributed by atoms with Crippen LogP contribution in [0.1, 0.15) is 27.2 Å². The number of nitrogens with one attached hydrogen (secondary N) is 1. The number of carbonyl (C=O) groups excluding carboxylic acids is 1.